The molecular weight excluding hydrogens is 340 g/mol. The fraction of sp³-hybridized carbons (Fsp3) is 0.0769. The second-order valence-corrected chi connectivity index (χ2v) is 5.84. The van der Waals surface area contributed by atoms with E-state index in [0.717, 1.165) is 26.9 Å². The van der Waals surface area contributed by atoms with Gasteiger partial charge in [-0.1, -0.05) is 16.6 Å². The van der Waals surface area contributed by atoms with Gasteiger partial charge in [-0.3, -0.25) is 9.78 Å². The van der Waals surface area contributed by atoms with Crippen LogP contribution in [-0.4, -0.2) is 20.5 Å². The van der Waals surface area contributed by atoms with Crippen molar-refractivity contribution >= 4 is 50.0 Å². The third-order valence-corrected chi connectivity index (χ3v) is 4.04. The number of aryl methyl sites for hydroxylation is 1. The molecule has 0 spiro atoms. The number of hydrogen-bond donors (Lipinski definition) is 1. The topological polar surface area (TPSA) is 67.8 Å². The third kappa shape index (κ3) is 2.41. The Kier molecular flexibility index (Phi) is 3.45. The van der Waals surface area contributed by atoms with Crippen LogP contribution < -0.4 is 5.32 Å². The average Bonchev–Trinajstić information content (AvgIpc) is 2.85. The van der Waals surface area contributed by atoms with Gasteiger partial charge in [0.25, 0.3) is 5.91 Å². The van der Waals surface area contributed by atoms with Gasteiger partial charge in [0.05, 0.1) is 16.9 Å². The number of fused-ring (bicyclic) bond motifs is 1. The second-order valence-electron chi connectivity index (χ2n) is 4.17. The maximum Gasteiger partial charge on any atom is 0.269 e. The van der Waals surface area contributed by atoms with Crippen molar-refractivity contribution in [2.75, 3.05) is 5.32 Å². The number of nitrogens with zero attached hydrogens (tertiary/aromatic N) is 3. The molecule has 20 heavy (non-hydrogen) atoms. The molecule has 0 aliphatic heterocycles. The van der Waals surface area contributed by atoms with Gasteiger partial charge in [-0.25, -0.2) is 0 Å². The molecule has 1 N–H and O–H groups in total. The number of pyridine rings is 1. The highest BCUT2D eigenvalue weighted by Crippen LogP contribution is 2.24. The number of nitrogens with one attached hydrogen (secondary N) is 1. The molecule has 2 heterocycles. The van der Waals surface area contributed by atoms with Crippen LogP contribution in [0.2, 0.25) is 0 Å². The highest BCUT2D eigenvalue weighted by atomic mass is 79.9. The number of anilines is 1. The molecule has 0 unspecified atom stereocenters. The van der Waals surface area contributed by atoms with Crippen molar-refractivity contribution in [3.8, 4) is 0 Å². The smallest absolute Gasteiger partial charge is 0.269 e. The highest BCUT2D eigenvalue weighted by Gasteiger charge is 2.14. The summed E-state index contributed by atoms with van der Waals surface area (Å²) in [5, 5.41) is 7.66. The molecule has 3 rings (SSSR count). The molecule has 0 saturated carbocycles. The molecule has 0 saturated heterocycles. The van der Waals surface area contributed by atoms with E-state index in [4.69, 9.17) is 0 Å². The Morgan fingerprint density at radius 2 is 2.25 bits per heavy atom. The standard InChI is InChI=1S/C13H9BrN4OS/c1-7-12(20-18-17-7)13(19)16-10-4-2-3-8-5-9(14)6-15-11(8)10/h2-6H,1H3,(H,16,19). The molecule has 7 heteroatoms. The van der Waals surface area contributed by atoms with E-state index in [1.807, 2.05) is 24.3 Å². The van der Waals surface area contributed by atoms with Crippen molar-refractivity contribution < 1.29 is 4.79 Å². The first-order valence-corrected chi connectivity index (χ1v) is 7.36. The van der Waals surface area contributed by atoms with Gasteiger partial charge in [-0.2, -0.15) is 0 Å². The predicted molar refractivity (Wildman–Crippen MR) is 82.0 cm³/mol. The van der Waals surface area contributed by atoms with Crippen LogP contribution >= 0.6 is 27.5 Å². The first-order chi connectivity index (χ1) is 9.65. The Morgan fingerprint density at radius 1 is 1.40 bits per heavy atom. The normalized spacial score (nSPS) is 10.7. The van der Waals surface area contributed by atoms with Gasteiger partial charge in [0.15, 0.2) is 0 Å². The van der Waals surface area contributed by atoms with Gasteiger partial charge in [0, 0.05) is 16.1 Å². The van der Waals surface area contributed by atoms with E-state index in [1.54, 1.807) is 13.1 Å². The molecular formula is C13H9BrN4OS. The Balaban J connectivity index is 1.99. The number of para-hydroxylation sites is 1. The summed E-state index contributed by atoms with van der Waals surface area (Å²) in [6.07, 6.45) is 1.71. The minimum Gasteiger partial charge on any atom is -0.319 e. The van der Waals surface area contributed by atoms with Crippen LogP contribution in [0.1, 0.15) is 15.4 Å². The molecule has 0 aliphatic rings. The number of carbonyl (C=O) groups excluding carboxylic acids is 1. The summed E-state index contributed by atoms with van der Waals surface area (Å²) in [5.41, 5.74) is 2.05. The van der Waals surface area contributed by atoms with Crippen LogP contribution in [0.25, 0.3) is 10.9 Å². The Hall–Kier alpha value is -1.86. The van der Waals surface area contributed by atoms with E-state index >= 15 is 0 Å². The van der Waals surface area contributed by atoms with E-state index in [0.29, 0.717) is 16.3 Å². The summed E-state index contributed by atoms with van der Waals surface area (Å²) >= 11 is 4.47. The summed E-state index contributed by atoms with van der Waals surface area (Å²) in [4.78, 5) is 17.1. The molecule has 1 amide bonds. The summed E-state index contributed by atoms with van der Waals surface area (Å²) in [6.45, 7) is 1.76. The summed E-state index contributed by atoms with van der Waals surface area (Å²) in [6, 6.07) is 7.61. The molecule has 3 aromatic rings. The number of benzene rings is 1. The van der Waals surface area contributed by atoms with Crippen molar-refractivity contribution in [1.29, 1.82) is 0 Å². The molecule has 0 bridgehead atoms. The second kappa shape index (κ2) is 5.26. The minimum absolute atomic E-state index is 0.213. The van der Waals surface area contributed by atoms with E-state index in [1.165, 1.54) is 0 Å². The van der Waals surface area contributed by atoms with Crippen LogP contribution in [-0.2, 0) is 0 Å². The lowest BCUT2D eigenvalue weighted by atomic mass is 10.2. The van der Waals surface area contributed by atoms with E-state index < -0.39 is 0 Å². The molecule has 0 fully saturated rings. The summed E-state index contributed by atoms with van der Waals surface area (Å²) in [5.74, 6) is -0.213. The lowest BCUT2D eigenvalue weighted by Gasteiger charge is -2.07. The largest absolute Gasteiger partial charge is 0.319 e. The molecule has 0 atom stereocenters. The molecule has 0 radical (unpaired) electrons. The number of aromatic nitrogens is 3. The SMILES string of the molecule is Cc1nnsc1C(=O)Nc1cccc2cc(Br)cnc12. The molecule has 0 aliphatic carbocycles. The number of amides is 1. The molecule has 5 nitrogen and oxygen atoms in total. The van der Waals surface area contributed by atoms with Crippen LogP contribution in [0, 0.1) is 6.92 Å². The van der Waals surface area contributed by atoms with E-state index in [-0.39, 0.29) is 5.91 Å². The Bertz CT molecular complexity index is 802. The first kappa shape index (κ1) is 13.1. The maximum absolute atomic E-state index is 12.2. The van der Waals surface area contributed by atoms with Crippen molar-refractivity contribution in [3.63, 3.8) is 0 Å². The van der Waals surface area contributed by atoms with Gasteiger partial charge >= 0.3 is 0 Å². The van der Waals surface area contributed by atoms with Gasteiger partial charge in [0.2, 0.25) is 0 Å². The Labute approximate surface area is 127 Å². The molecule has 100 valence electrons. The lowest BCUT2D eigenvalue weighted by Crippen LogP contribution is -2.12. The van der Waals surface area contributed by atoms with Gasteiger partial charge in [0.1, 0.15) is 4.88 Å². The van der Waals surface area contributed by atoms with Gasteiger partial charge < -0.3 is 5.32 Å². The van der Waals surface area contributed by atoms with Gasteiger partial charge in [-0.15, -0.1) is 5.10 Å². The third-order valence-electron chi connectivity index (χ3n) is 2.78. The zero-order valence-electron chi connectivity index (χ0n) is 10.4. The van der Waals surface area contributed by atoms with E-state index in [2.05, 4.69) is 35.8 Å². The monoisotopic (exact) mass is 348 g/mol. The summed E-state index contributed by atoms with van der Waals surface area (Å²) < 4.78 is 4.67. The number of halogens is 1. The predicted octanol–water partition coefficient (Wildman–Crippen LogP) is 3.41. The zero-order chi connectivity index (χ0) is 14.1. The average molecular weight is 349 g/mol. The number of hydrogen-bond acceptors (Lipinski definition) is 5. The number of carbonyl (C=O) groups is 1. The maximum atomic E-state index is 12.2. The van der Waals surface area contributed by atoms with Gasteiger partial charge in [-0.05, 0) is 46.5 Å². The Morgan fingerprint density at radius 3 is 3.00 bits per heavy atom. The van der Waals surface area contributed by atoms with Crippen LogP contribution in [0.15, 0.2) is 34.9 Å². The van der Waals surface area contributed by atoms with E-state index in [9.17, 15) is 4.79 Å². The fourth-order valence-corrected chi connectivity index (χ4v) is 2.75. The molecule has 1 aromatic carbocycles. The lowest BCUT2D eigenvalue weighted by molar-refractivity contribution is 0.103. The number of rotatable bonds is 2. The van der Waals surface area contributed by atoms with Crippen LogP contribution in [0.4, 0.5) is 5.69 Å². The summed E-state index contributed by atoms with van der Waals surface area (Å²) in [7, 11) is 0. The van der Waals surface area contributed by atoms with Crippen molar-refractivity contribution in [3.05, 3.63) is 45.5 Å². The van der Waals surface area contributed by atoms with Crippen LogP contribution in [0.5, 0.6) is 0 Å². The zero-order valence-corrected chi connectivity index (χ0v) is 12.8. The first-order valence-electron chi connectivity index (χ1n) is 5.80. The minimum atomic E-state index is -0.213. The van der Waals surface area contributed by atoms with Crippen molar-refractivity contribution in [2.24, 2.45) is 0 Å². The van der Waals surface area contributed by atoms with Crippen LogP contribution in [0.3, 0.4) is 0 Å². The quantitative estimate of drug-likeness (QED) is 0.770. The fourth-order valence-electron chi connectivity index (χ4n) is 1.85. The van der Waals surface area contributed by atoms with Crippen molar-refractivity contribution in [1.82, 2.24) is 14.6 Å². The molecule has 2 aromatic heterocycles. The highest BCUT2D eigenvalue weighted by molar-refractivity contribution is 9.10. The van der Waals surface area contributed by atoms with Crippen molar-refractivity contribution in [2.45, 2.75) is 6.92 Å².